The number of anilines is 1. The zero-order chi connectivity index (χ0) is 16.4. The minimum Gasteiger partial charge on any atom is -0.277 e. The number of nitrogens with zero attached hydrogens (tertiary/aromatic N) is 4. The zero-order valence-corrected chi connectivity index (χ0v) is 14.4. The van der Waals surface area contributed by atoms with Gasteiger partial charge in [-0.15, -0.1) is 0 Å². The highest BCUT2D eigenvalue weighted by Crippen LogP contribution is 2.27. The number of rotatable bonds is 4. The maximum absolute atomic E-state index is 12.5. The van der Waals surface area contributed by atoms with Gasteiger partial charge in [0.25, 0.3) is 10.0 Å². The van der Waals surface area contributed by atoms with Crippen molar-refractivity contribution >= 4 is 31.6 Å². The molecule has 0 saturated heterocycles. The first-order valence-electron chi connectivity index (χ1n) is 6.53. The maximum atomic E-state index is 12.5. The molecule has 0 aliphatic rings. The Morgan fingerprint density at radius 2 is 2.09 bits per heavy atom. The van der Waals surface area contributed by atoms with Crippen LogP contribution in [0.5, 0.6) is 0 Å². The first-order chi connectivity index (χ1) is 11.0. The van der Waals surface area contributed by atoms with Crippen LogP contribution in [0.4, 0.5) is 5.69 Å². The van der Waals surface area contributed by atoms with E-state index in [2.05, 4.69) is 35.7 Å². The second-order valence-electron chi connectivity index (χ2n) is 4.75. The fourth-order valence-electron chi connectivity index (χ4n) is 2.00. The molecular weight excluding hydrogens is 382 g/mol. The smallest absolute Gasteiger partial charge is 0.263 e. The van der Waals surface area contributed by atoms with Gasteiger partial charge in [0.15, 0.2) is 0 Å². The lowest BCUT2D eigenvalue weighted by Crippen LogP contribution is -2.14. The molecule has 118 valence electrons. The molecule has 23 heavy (non-hydrogen) atoms. The predicted molar refractivity (Wildman–Crippen MR) is 89.2 cm³/mol. The number of hydrogen-bond acceptors (Lipinski definition) is 5. The van der Waals surface area contributed by atoms with Crippen molar-refractivity contribution in [1.82, 2.24) is 19.7 Å². The first-order valence-corrected chi connectivity index (χ1v) is 8.81. The van der Waals surface area contributed by atoms with Crippen molar-refractivity contribution in [2.45, 2.75) is 4.90 Å². The molecule has 3 aromatic rings. The minimum absolute atomic E-state index is 0.0628. The molecule has 3 aromatic heterocycles. The summed E-state index contributed by atoms with van der Waals surface area (Å²) in [7, 11) is -1.99. The molecule has 0 radical (unpaired) electrons. The summed E-state index contributed by atoms with van der Waals surface area (Å²) in [5.74, 6) is 0. The summed E-state index contributed by atoms with van der Waals surface area (Å²) in [6.45, 7) is 0. The van der Waals surface area contributed by atoms with Gasteiger partial charge in [-0.25, -0.2) is 8.42 Å². The maximum Gasteiger partial charge on any atom is 0.263 e. The first kappa shape index (κ1) is 15.6. The van der Waals surface area contributed by atoms with Gasteiger partial charge < -0.3 is 0 Å². The predicted octanol–water partition coefficient (Wildman–Crippen LogP) is 2.44. The number of nitrogens with one attached hydrogen (secondary N) is 1. The van der Waals surface area contributed by atoms with Crippen LogP contribution in [-0.2, 0) is 17.1 Å². The van der Waals surface area contributed by atoms with E-state index in [1.165, 1.54) is 18.5 Å². The van der Waals surface area contributed by atoms with Crippen LogP contribution in [0.15, 0.2) is 58.6 Å². The lowest BCUT2D eigenvalue weighted by atomic mass is 10.2. The molecule has 0 aliphatic carbocycles. The number of hydrogen-bond donors (Lipinski definition) is 1. The average Bonchev–Trinajstić information content (AvgIpc) is 2.94. The molecule has 3 heterocycles. The quantitative estimate of drug-likeness (QED) is 0.734. The van der Waals surface area contributed by atoms with Crippen LogP contribution >= 0.6 is 15.9 Å². The number of halogens is 1. The Hall–Kier alpha value is -2.26. The Bertz CT molecular complexity index is 955. The summed E-state index contributed by atoms with van der Waals surface area (Å²) in [4.78, 5) is 8.20. The van der Waals surface area contributed by atoms with Crippen LogP contribution < -0.4 is 4.72 Å². The number of pyridine rings is 2. The fraction of sp³-hybridized carbons (Fsp3) is 0.0714. The van der Waals surface area contributed by atoms with Crippen LogP contribution in [0.3, 0.4) is 0 Å². The van der Waals surface area contributed by atoms with Gasteiger partial charge in [-0.1, -0.05) is 0 Å². The molecular formula is C14H12BrN5O2S. The van der Waals surface area contributed by atoms with Crippen LogP contribution in [0.1, 0.15) is 0 Å². The van der Waals surface area contributed by atoms with Crippen LogP contribution in [0.2, 0.25) is 0 Å². The van der Waals surface area contributed by atoms with Crippen molar-refractivity contribution in [3.63, 3.8) is 0 Å². The molecule has 3 rings (SSSR count). The molecule has 7 nitrogen and oxygen atoms in total. The highest BCUT2D eigenvalue weighted by atomic mass is 79.9. The number of aromatic nitrogens is 4. The van der Waals surface area contributed by atoms with Gasteiger partial charge in [-0.05, 0) is 34.1 Å². The third-order valence-corrected chi connectivity index (χ3v) is 4.79. The second-order valence-corrected chi connectivity index (χ2v) is 7.34. The average molecular weight is 394 g/mol. The van der Waals surface area contributed by atoms with Crippen LogP contribution in [-0.4, -0.2) is 28.2 Å². The van der Waals surface area contributed by atoms with Crippen LogP contribution in [0.25, 0.3) is 11.3 Å². The van der Waals surface area contributed by atoms with Crippen molar-refractivity contribution in [3.8, 4) is 11.3 Å². The molecule has 0 spiro atoms. The molecule has 0 saturated carbocycles. The Labute approximate surface area is 141 Å². The molecule has 0 aromatic carbocycles. The lowest BCUT2D eigenvalue weighted by Gasteiger charge is -2.11. The topological polar surface area (TPSA) is 89.8 Å². The van der Waals surface area contributed by atoms with Crippen molar-refractivity contribution < 1.29 is 8.42 Å². The SMILES string of the molecule is Cn1cc(-c2ncccc2NS(=O)(=O)c2cncc(Br)c2)cn1. The van der Waals surface area contributed by atoms with E-state index in [-0.39, 0.29) is 4.90 Å². The molecule has 0 amide bonds. The molecule has 0 unspecified atom stereocenters. The molecule has 9 heteroatoms. The molecule has 0 atom stereocenters. The molecule has 1 N–H and O–H groups in total. The summed E-state index contributed by atoms with van der Waals surface area (Å²) in [6.07, 6.45) is 7.79. The van der Waals surface area contributed by atoms with E-state index in [0.29, 0.717) is 15.9 Å². The van der Waals surface area contributed by atoms with Gasteiger partial charge in [0.05, 0.1) is 17.6 Å². The van der Waals surface area contributed by atoms with Gasteiger partial charge in [-0.3, -0.25) is 19.4 Å². The van der Waals surface area contributed by atoms with Gasteiger partial charge in [0.1, 0.15) is 4.90 Å². The molecule has 0 aliphatic heterocycles. The van der Waals surface area contributed by atoms with Crippen molar-refractivity contribution in [2.24, 2.45) is 7.05 Å². The van der Waals surface area contributed by atoms with Crippen molar-refractivity contribution in [3.05, 3.63) is 53.7 Å². The van der Waals surface area contributed by atoms with E-state index in [1.807, 2.05) is 0 Å². The van der Waals surface area contributed by atoms with E-state index >= 15 is 0 Å². The summed E-state index contributed by atoms with van der Waals surface area (Å²) < 4.78 is 29.8. The monoisotopic (exact) mass is 393 g/mol. The van der Waals surface area contributed by atoms with Gasteiger partial charge >= 0.3 is 0 Å². The zero-order valence-electron chi connectivity index (χ0n) is 12.0. The molecule has 0 bridgehead atoms. The Kier molecular flexibility index (Phi) is 4.14. The Morgan fingerprint density at radius 1 is 1.26 bits per heavy atom. The highest BCUT2D eigenvalue weighted by molar-refractivity contribution is 9.10. The second kappa shape index (κ2) is 6.09. The van der Waals surface area contributed by atoms with Gasteiger partial charge in [0.2, 0.25) is 0 Å². The summed E-state index contributed by atoms with van der Waals surface area (Å²) >= 11 is 3.22. The van der Waals surface area contributed by atoms with E-state index in [4.69, 9.17) is 0 Å². The third kappa shape index (κ3) is 3.40. The summed E-state index contributed by atoms with van der Waals surface area (Å²) in [5, 5.41) is 4.08. The van der Waals surface area contributed by atoms with Gasteiger partial charge in [-0.2, -0.15) is 5.10 Å². The minimum atomic E-state index is -3.77. The largest absolute Gasteiger partial charge is 0.277 e. The summed E-state index contributed by atoms with van der Waals surface area (Å²) in [5.41, 5.74) is 1.60. The summed E-state index contributed by atoms with van der Waals surface area (Å²) in [6, 6.07) is 4.80. The van der Waals surface area contributed by atoms with E-state index in [1.54, 1.807) is 42.5 Å². The number of sulfonamides is 1. The standard InChI is InChI=1S/C14H12BrN5O2S/c1-20-9-10(6-18-20)14-13(3-2-4-17-14)19-23(21,22)12-5-11(15)7-16-8-12/h2-9,19H,1H3. The highest BCUT2D eigenvalue weighted by Gasteiger charge is 2.18. The van der Waals surface area contributed by atoms with E-state index in [0.717, 1.165) is 5.56 Å². The molecule has 0 fully saturated rings. The third-order valence-electron chi connectivity index (χ3n) is 3.02. The van der Waals surface area contributed by atoms with Crippen LogP contribution in [0, 0.1) is 0 Å². The van der Waals surface area contributed by atoms with E-state index in [9.17, 15) is 8.42 Å². The Balaban J connectivity index is 2.00. The lowest BCUT2D eigenvalue weighted by molar-refractivity contribution is 0.600. The Morgan fingerprint density at radius 3 is 2.78 bits per heavy atom. The van der Waals surface area contributed by atoms with Crippen molar-refractivity contribution in [2.75, 3.05) is 4.72 Å². The number of aryl methyl sites for hydroxylation is 1. The normalized spacial score (nSPS) is 11.4. The fourth-order valence-corrected chi connectivity index (χ4v) is 3.57. The van der Waals surface area contributed by atoms with E-state index < -0.39 is 10.0 Å². The van der Waals surface area contributed by atoms with Crippen molar-refractivity contribution in [1.29, 1.82) is 0 Å². The van der Waals surface area contributed by atoms with Gasteiger partial charge in [0, 0.05) is 41.9 Å².